The first kappa shape index (κ1) is 14.4. The number of rotatable bonds is 6. The van der Waals surface area contributed by atoms with E-state index in [1.807, 2.05) is 19.1 Å². The van der Waals surface area contributed by atoms with Crippen molar-refractivity contribution in [2.75, 3.05) is 24.3 Å². The van der Waals surface area contributed by atoms with Gasteiger partial charge in [-0.2, -0.15) is 0 Å². The lowest BCUT2D eigenvalue weighted by Crippen LogP contribution is -2.34. The highest BCUT2D eigenvalue weighted by atomic mass is 35.5. The van der Waals surface area contributed by atoms with Gasteiger partial charge in [0.2, 0.25) is 0 Å². The highest BCUT2D eigenvalue weighted by molar-refractivity contribution is 6.18. The largest absolute Gasteiger partial charge is 0.490 e. The van der Waals surface area contributed by atoms with Crippen LogP contribution in [0.15, 0.2) is 18.3 Å². The van der Waals surface area contributed by atoms with Crippen LogP contribution in [0.5, 0.6) is 5.75 Å². The quantitative estimate of drug-likeness (QED) is 0.798. The maximum Gasteiger partial charge on any atom is 0.168 e. The van der Waals surface area contributed by atoms with E-state index < -0.39 is 0 Å². The molecule has 1 heterocycles. The van der Waals surface area contributed by atoms with Gasteiger partial charge >= 0.3 is 0 Å². The zero-order chi connectivity index (χ0) is 13.6. The number of nitrogens with zero attached hydrogens (tertiary/aromatic N) is 1. The van der Waals surface area contributed by atoms with E-state index in [4.69, 9.17) is 16.3 Å². The number of hydrogen-bond acceptors (Lipinski definition) is 3. The van der Waals surface area contributed by atoms with Gasteiger partial charge in [0.25, 0.3) is 0 Å². The van der Waals surface area contributed by atoms with E-state index in [0.717, 1.165) is 24.0 Å². The summed E-state index contributed by atoms with van der Waals surface area (Å²) in [7, 11) is 0. The Hall–Kier alpha value is -0.960. The van der Waals surface area contributed by atoms with E-state index in [2.05, 4.69) is 10.3 Å². The highest BCUT2D eigenvalue weighted by Gasteiger charge is 2.31. The lowest BCUT2D eigenvalue weighted by Gasteiger charge is -2.35. The third-order valence-corrected chi connectivity index (χ3v) is 4.47. The first-order valence-electron chi connectivity index (χ1n) is 7.17. The average Bonchev–Trinajstić information content (AvgIpc) is 2.48. The number of alkyl halides is 1. The zero-order valence-electron chi connectivity index (χ0n) is 11.6. The summed E-state index contributed by atoms with van der Waals surface area (Å²) in [5.74, 6) is 2.38. The van der Waals surface area contributed by atoms with Gasteiger partial charge in [-0.3, -0.25) is 0 Å². The third-order valence-electron chi connectivity index (χ3n) is 3.90. The van der Waals surface area contributed by atoms with Crippen molar-refractivity contribution in [3.8, 4) is 5.75 Å². The molecule has 106 valence electrons. The van der Waals surface area contributed by atoms with E-state index in [-0.39, 0.29) is 5.41 Å². The molecular weight excluding hydrogens is 260 g/mol. The fraction of sp³-hybridized carbons (Fsp3) is 0.667. The Morgan fingerprint density at radius 3 is 2.84 bits per heavy atom. The normalized spacial score (nSPS) is 18.0. The fourth-order valence-corrected chi connectivity index (χ4v) is 3.09. The molecule has 4 heteroatoms. The molecule has 1 aliphatic rings. The van der Waals surface area contributed by atoms with E-state index in [1.54, 1.807) is 6.20 Å². The number of hydrogen-bond donors (Lipinski definition) is 1. The third kappa shape index (κ3) is 3.75. The molecule has 0 atom stereocenters. The molecule has 0 radical (unpaired) electrons. The van der Waals surface area contributed by atoms with Crippen molar-refractivity contribution in [3.63, 3.8) is 0 Å². The summed E-state index contributed by atoms with van der Waals surface area (Å²) in [5, 5.41) is 3.44. The summed E-state index contributed by atoms with van der Waals surface area (Å²) >= 11 is 6.21. The Labute approximate surface area is 120 Å². The summed E-state index contributed by atoms with van der Waals surface area (Å²) < 4.78 is 5.59. The first-order valence-corrected chi connectivity index (χ1v) is 7.71. The molecule has 1 aromatic heterocycles. The van der Waals surface area contributed by atoms with Crippen LogP contribution < -0.4 is 10.1 Å². The molecule has 1 N–H and O–H groups in total. The highest BCUT2D eigenvalue weighted by Crippen LogP contribution is 2.38. The van der Waals surface area contributed by atoms with Gasteiger partial charge < -0.3 is 10.1 Å². The molecule has 19 heavy (non-hydrogen) atoms. The number of nitrogens with one attached hydrogen (secondary N) is 1. The van der Waals surface area contributed by atoms with Crippen LogP contribution in [0.1, 0.15) is 39.0 Å². The maximum atomic E-state index is 6.21. The standard InChI is InChI=1S/C15H23ClN2O/c1-2-19-13-7-6-10-17-14(13)18-12-15(11-16)8-4-3-5-9-15/h6-7,10H,2-5,8-9,11-12H2,1H3,(H,17,18). The van der Waals surface area contributed by atoms with Gasteiger partial charge in [-0.15, -0.1) is 11.6 Å². The molecule has 0 aromatic carbocycles. The van der Waals surface area contributed by atoms with Gasteiger partial charge in [-0.05, 0) is 31.9 Å². The number of aromatic nitrogens is 1. The lowest BCUT2D eigenvalue weighted by atomic mass is 9.75. The van der Waals surface area contributed by atoms with Crippen molar-refractivity contribution < 1.29 is 4.74 Å². The SMILES string of the molecule is CCOc1cccnc1NCC1(CCl)CCCCC1. The minimum absolute atomic E-state index is 0.223. The van der Waals surface area contributed by atoms with Gasteiger partial charge in [0, 0.05) is 24.0 Å². The predicted octanol–water partition coefficient (Wildman–Crippen LogP) is 4.08. The Morgan fingerprint density at radius 2 is 2.16 bits per heavy atom. The Morgan fingerprint density at radius 1 is 1.37 bits per heavy atom. The first-order chi connectivity index (χ1) is 9.29. The lowest BCUT2D eigenvalue weighted by molar-refractivity contribution is 0.237. The van der Waals surface area contributed by atoms with Gasteiger partial charge in [-0.1, -0.05) is 19.3 Å². The smallest absolute Gasteiger partial charge is 0.168 e. The number of anilines is 1. The van der Waals surface area contributed by atoms with Gasteiger partial charge in [0.05, 0.1) is 6.61 Å². The van der Waals surface area contributed by atoms with Gasteiger partial charge in [0.15, 0.2) is 11.6 Å². The van der Waals surface area contributed by atoms with E-state index in [1.165, 1.54) is 32.1 Å². The zero-order valence-corrected chi connectivity index (χ0v) is 12.4. The molecule has 3 nitrogen and oxygen atoms in total. The van der Waals surface area contributed by atoms with Crippen molar-refractivity contribution >= 4 is 17.4 Å². The second-order valence-electron chi connectivity index (χ2n) is 5.33. The van der Waals surface area contributed by atoms with Crippen LogP contribution in [-0.4, -0.2) is 24.0 Å². The maximum absolute atomic E-state index is 6.21. The average molecular weight is 283 g/mol. The predicted molar refractivity (Wildman–Crippen MR) is 80.1 cm³/mol. The van der Waals surface area contributed by atoms with Crippen LogP contribution in [0.2, 0.25) is 0 Å². The Balaban J connectivity index is 2.00. The molecule has 0 spiro atoms. The van der Waals surface area contributed by atoms with Crippen LogP contribution in [0.25, 0.3) is 0 Å². The molecule has 0 saturated heterocycles. The van der Waals surface area contributed by atoms with Crippen LogP contribution in [0.4, 0.5) is 5.82 Å². The van der Waals surface area contributed by atoms with E-state index >= 15 is 0 Å². The molecule has 2 rings (SSSR count). The molecule has 0 aliphatic heterocycles. The Kier molecular flexibility index (Phi) is 5.32. The molecule has 0 bridgehead atoms. The topological polar surface area (TPSA) is 34.1 Å². The molecular formula is C15H23ClN2O. The molecule has 0 unspecified atom stereocenters. The summed E-state index contributed by atoms with van der Waals surface area (Å²) in [6.07, 6.45) is 8.12. The molecule has 1 saturated carbocycles. The number of ether oxygens (including phenoxy) is 1. The van der Waals surface area contributed by atoms with Gasteiger partial charge in [-0.25, -0.2) is 4.98 Å². The van der Waals surface area contributed by atoms with Crippen LogP contribution >= 0.6 is 11.6 Å². The van der Waals surface area contributed by atoms with Crippen molar-refractivity contribution in [2.45, 2.75) is 39.0 Å². The summed E-state index contributed by atoms with van der Waals surface area (Å²) in [6.45, 7) is 3.52. The fourth-order valence-electron chi connectivity index (χ4n) is 2.73. The van der Waals surface area contributed by atoms with Crippen LogP contribution in [-0.2, 0) is 0 Å². The van der Waals surface area contributed by atoms with Gasteiger partial charge in [0.1, 0.15) is 0 Å². The van der Waals surface area contributed by atoms with Crippen molar-refractivity contribution in [2.24, 2.45) is 5.41 Å². The second kappa shape index (κ2) is 6.99. The number of halogens is 1. The number of pyridine rings is 1. The Bertz CT molecular complexity index is 391. The molecule has 1 fully saturated rings. The van der Waals surface area contributed by atoms with Crippen LogP contribution in [0.3, 0.4) is 0 Å². The summed E-state index contributed by atoms with van der Waals surface area (Å²) in [4.78, 5) is 4.37. The van der Waals surface area contributed by atoms with Crippen LogP contribution in [0, 0.1) is 5.41 Å². The van der Waals surface area contributed by atoms with Crippen molar-refractivity contribution in [3.05, 3.63) is 18.3 Å². The summed E-state index contributed by atoms with van der Waals surface area (Å²) in [6, 6.07) is 3.85. The minimum Gasteiger partial charge on any atom is -0.490 e. The molecule has 1 aliphatic carbocycles. The second-order valence-corrected chi connectivity index (χ2v) is 5.60. The van der Waals surface area contributed by atoms with Crippen molar-refractivity contribution in [1.82, 2.24) is 4.98 Å². The monoisotopic (exact) mass is 282 g/mol. The molecule has 1 aromatic rings. The van der Waals surface area contributed by atoms with E-state index in [0.29, 0.717) is 6.61 Å². The van der Waals surface area contributed by atoms with Crippen molar-refractivity contribution in [1.29, 1.82) is 0 Å². The minimum atomic E-state index is 0.223. The van der Waals surface area contributed by atoms with E-state index in [9.17, 15) is 0 Å². The summed E-state index contributed by atoms with van der Waals surface area (Å²) in [5.41, 5.74) is 0.223. The molecule has 0 amide bonds.